The Kier molecular flexibility index (Phi) is 4.37. The summed E-state index contributed by atoms with van der Waals surface area (Å²) >= 11 is 5.97. The van der Waals surface area contributed by atoms with Crippen molar-refractivity contribution in [3.8, 4) is 0 Å². The maximum Gasteiger partial charge on any atom is 0.228 e. The summed E-state index contributed by atoms with van der Waals surface area (Å²) in [6, 6.07) is 11.1. The van der Waals surface area contributed by atoms with E-state index in [1.807, 2.05) is 43.5 Å². The lowest BCUT2D eigenvalue weighted by Gasteiger charge is -2.09. The van der Waals surface area contributed by atoms with Gasteiger partial charge >= 0.3 is 0 Å². The second-order valence-electron chi connectivity index (χ2n) is 5.54. The van der Waals surface area contributed by atoms with Crippen LogP contribution in [0.15, 0.2) is 42.6 Å². The zero-order valence-electron chi connectivity index (χ0n) is 12.7. The van der Waals surface area contributed by atoms with Gasteiger partial charge in [0.1, 0.15) is 0 Å². The second kappa shape index (κ2) is 6.44. The number of benzene rings is 2. The molecule has 0 unspecified atom stereocenters. The molecule has 3 aromatic rings. The van der Waals surface area contributed by atoms with Crippen molar-refractivity contribution in [3.05, 3.63) is 64.3 Å². The first-order valence-electron chi connectivity index (χ1n) is 7.32. The van der Waals surface area contributed by atoms with E-state index in [2.05, 4.69) is 10.3 Å². The summed E-state index contributed by atoms with van der Waals surface area (Å²) in [5, 5.41) is 13.8. The third kappa shape index (κ3) is 3.38. The van der Waals surface area contributed by atoms with Gasteiger partial charge in [0.15, 0.2) is 0 Å². The highest BCUT2D eigenvalue weighted by Crippen LogP contribution is 2.23. The minimum Gasteiger partial charge on any atom is -0.392 e. The van der Waals surface area contributed by atoms with E-state index < -0.39 is 0 Å². The predicted molar refractivity (Wildman–Crippen MR) is 92.7 cm³/mol. The van der Waals surface area contributed by atoms with Gasteiger partial charge in [0.05, 0.1) is 13.0 Å². The molecule has 0 aliphatic rings. The number of aromatic nitrogens is 1. The number of carbonyl (C=O) groups excluding carboxylic acids is 1. The van der Waals surface area contributed by atoms with Crippen LogP contribution in [0.4, 0.5) is 5.69 Å². The van der Waals surface area contributed by atoms with Crippen LogP contribution >= 0.6 is 11.6 Å². The van der Waals surface area contributed by atoms with E-state index in [0.717, 1.165) is 33.3 Å². The highest BCUT2D eigenvalue weighted by atomic mass is 35.5. The molecule has 118 valence electrons. The van der Waals surface area contributed by atoms with Crippen molar-refractivity contribution in [3.63, 3.8) is 0 Å². The molecule has 3 N–H and O–H groups in total. The van der Waals surface area contributed by atoms with Crippen molar-refractivity contribution in [2.45, 2.75) is 20.0 Å². The van der Waals surface area contributed by atoms with Crippen LogP contribution in [-0.2, 0) is 17.8 Å². The molecule has 5 heteroatoms. The molecule has 4 nitrogen and oxygen atoms in total. The van der Waals surface area contributed by atoms with Gasteiger partial charge in [-0.25, -0.2) is 0 Å². The van der Waals surface area contributed by atoms with Gasteiger partial charge in [-0.05, 0) is 41.8 Å². The quantitative estimate of drug-likeness (QED) is 0.682. The molecule has 1 heterocycles. The maximum atomic E-state index is 12.3. The monoisotopic (exact) mass is 328 g/mol. The van der Waals surface area contributed by atoms with Crippen molar-refractivity contribution < 1.29 is 9.90 Å². The molecular formula is C18H17ClN2O2. The second-order valence-corrected chi connectivity index (χ2v) is 5.97. The van der Waals surface area contributed by atoms with Crippen LogP contribution in [0.5, 0.6) is 0 Å². The third-order valence-corrected chi connectivity index (χ3v) is 4.07. The Morgan fingerprint density at radius 1 is 1.26 bits per heavy atom. The van der Waals surface area contributed by atoms with Crippen LogP contribution in [0.25, 0.3) is 10.9 Å². The van der Waals surface area contributed by atoms with E-state index in [0.29, 0.717) is 5.02 Å². The van der Waals surface area contributed by atoms with Crippen LogP contribution in [-0.4, -0.2) is 16.0 Å². The summed E-state index contributed by atoms with van der Waals surface area (Å²) < 4.78 is 0. The fraction of sp³-hybridized carbons (Fsp3) is 0.167. The van der Waals surface area contributed by atoms with Gasteiger partial charge in [-0.3, -0.25) is 4.79 Å². The van der Waals surface area contributed by atoms with Crippen molar-refractivity contribution in [2.75, 3.05) is 5.32 Å². The number of aliphatic hydroxyl groups is 1. The van der Waals surface area contributed by atoms with E-state index in [1.165, 1.54) is 0 Å². The first-order valence-corrected chi connectivity index (χ1v) is 7.70. The lowest BCUT2D eigenvalue weighted by molar-refractivity contribution is -0.115. The molecule has 23 heavy (non-hydrogen) atoms. The lowest BCUT2D eigenvalue weighted by Crippen LogP contribution is -2.15. The summed E-state index contributed by atoms with van der Waals surface area (Å²) in [6.07, 6.45) is 2.10. The number of H-pyrrole nitrogens is 1. The Balaban J connectivity index is 1.79. The summed E-state index contributed by atoms with van der Waals surface area (Å²) in [4.78, 5) is 15.5. The summed E-state index contributed by atoms with van der Waals surface area (Å²) in [7, 11) is 0. The summed E-state index contributed by atoms with van der Waals surface area (Å²) in [5.74, 6) is -0.0981. The molecule has 0 aliphatic carbocycles. The number of hydrogen-bond donors (Lipinski definition) is 3. The van der Waals surface area contributed by atoms with E-state index >= 15 is 0 Å². The standard InChI is InChI=1S/C18H17ClN2O2/c1-11-2-3-12(10-22)6-16(11)21-18(23)7-13-9-20-17-8-14(19)4-5-15(13)17/h2-6,8-9,20,22H,7,10H2,1H3,(H,21,23). The SMILES string of the molecule is Cc1ccc(CO)cc1NC(=O)Cc1c[nH]c2cc(Cl)ccc12. The van der Waals surface area contributed by atoms with E-state index in [4.69, 9.17) is 11.6 Å². The van der Waals surface area contributed by atoms with Crippen molar-refractivity contribution in [1.82, 2.24) is 4.98 Å². The minimum atomic E-state index is -0.0981. The minimum absolute atomic E-state index is 0.0492. The molecule has 0 bridgehead atoms. The number of anilines is 1. The number of halogens is 1. The smallest absolute Gasteiger partial charge is 0.228 e. The van der Waals surface area contributed by atoms with Gasteiger partial charge in [-0.2, -0.15) is 0 Å². The van der Waals surface area contributed by atoms with Crippen LogP contribution in [0, 0.1) is 6.92 Å². The van der Waals surface area contributed by atoms with E-state index in [-0.39, 0.29) is 18.9 Å². The molecule has 0 fully saturated rings. The Labute approximate surface area is 139 Å². The number of hydrogen-bond acceptors (Lipinski definition) is 2. The topological polar surface area (TPSA) is 65.1 Å². The Bertz CT molecular complexity index is 871. The van der Waals surface area contributed by atoms with Crippen LogP contribution in [0.2, 0.25) is 5.02 Å². The summed E-state index contributed by atoms with van der Waals surface area (Å²) in [5.41, 5.74) is 4.29. The normalized spacial score (nSPS) is 10.9. The Morgan fingerprint density at radius 3 is 2.87 bits per heavy atom. The number of aliphatic hydroxyl groups excluding tert-OH is 1. The van der Waals surface area contributed by atoms with Crippen LogP contribution in [0.3, 0.4) is 0 Å². The highest BCUT2D eigenvalue weighted by Gasteiger charge is 2.11. The van der Waals surface area contributed by atoms with Crippen molar-refractivity contribution >= 4 is 34.1 Å². The molecule has 0 spiro atoms. The number of amides is 1. The predicted octanol–water partition coefficient (Wildman–Crippen LogP) is 3.80. The number of aromatic amines is 1. The Morgan fingerprint density at radius 2 is 2.09 bits per heavy atom. The van der Waals surface area contributed by atoms with E-state index in [9.17, 15) is 9.90 Å². The summed E-state index contributed by atoms with van der Waals surface area (Å²) in [6.45, 7) is 1.87. The molecule has 0 atom stereocenters. The number of rotatable bonds is 4. The van der Waals surface area contributed by atoms with Gasteiger partial charge in [0.25, 0.3) is 0 Å². The average molecular weight is 329 g/mol. The number of carbonyl (C=O) groups is 1. The average Bonchev–Trinajstić information content (AvgIpc) is 2.91. The lowest BCUT2D eigenvalue weighted by atomic mass is 10.1. The van der Waals surface area contributed by atoms with E-state index in [1.54, 1.807) is 6.07 Å². The van der Waals surface area contributed by atoms with Gasteiger partial charge in [-0.1, -0.05) is 29.8 Å². The number of aryl methyl sites for hydroxylation is 1. The molecule has 0 aliphatic heterocycles. The number of fused-ring (bicyclic) bond motifs is 1. The van der Waals surface area contributed by atoms with Gasteiger partial charge in [0.2, 0.25) is 5.91 Å². The molecule has 1 amide bonds. The first-order chi connectivity index (χ1) is 11.1. The zero-order chi connectivity index (χ0) is 16.4. The van der Waals surface area contributed by atoms with Crippen LogP contribution < -0.4 is 5.32 Å². The van der Waals surface area contributed by atoms with Gasteiger partial charge in [-0.15, -0.1) is 0 Å². The highest BCUT2D eigenvalue weighted by molar-refractivity contribution is 6.31. The van der Waals surface area contributed by atoms with Crippen molar-refractivity contribution in [2.24, 2.45) is 0 Å². The number of nitrogens with one attached hydrogen (secondary N) is 2. The zero-order valence-corrected chi connectivity index (χ0v) is 13.4. The Hall–Kier alpha value is -2.30. The molecule has 1 aromatic heterocycles. The molecule has 0 saturated carbocycles. The fourth-order valence-corrected chi connectivity index (χ4v) is 2.75. The molecule has 3 rings (SSSR count). The maximum absolute atomic E-state index is 12.3. The fourth-order valence-electron chi connectivity index (χ4n) is 2.57. The molecule has 0 saturated heterocycles. The van der Waals surface area contributed by atoms with Gasteiger partial charge in [0, 0.05) is 27.8 Å². The first kappa shape index (κ1) is 15.6. The molecular weight excluding hydrogens is 312 g/mol. The largest absolute Gasteiger partial charge is 0.392 e. The molecule has 2 aromatic carbocycles. The van der Waals surface area contributed by atoms with Crippen molar-refractivity contribution in [1.29, 1.82) is 0 Å². The van der Waals surface area contributed by atoms with Gasteiger partial charge < -0.3 is 15.4 Å². The molecule has 0 radical (unpaired) electrons. The third-order valence-electron chi connectivity index (χ3n) is 3.84. The van der Waals surface area contributed by atoms with Crippen LogP contribution in [0.1, 0.15) is 16.7 Å².